The Labute approximate surface area is 119 Å². The van der Waals surface area contributed by atoms with E-state index in [4.69, 9.17) is 11.6 Å². The van der Waals surface area contributed by atoms with Crippen molar-refractivity contribution < 1.29 is 4.79 Å². The van der Waals surface area contributed by atoms with Crippen LogP contribution >= 0.6 is 11.6 Å². The molecule has 0 spiro atoms. The molecule has 0 N–H and O–H groups in total. The maximum atomic E-state index is 12.3. The fraction of sp³-hybridized carbons (Fsp3) is 0.571. The van der Waals surface area contributed by atoms with Crippen LogP contribution in [0.15, 0.2) is 18.3 Å². The van der Waals surface area contributed by atoms with Crippen LogP contribution in [0.4, 0.5) is 0 Å². The summed E-state index contributed by atoms with van der Waals surface area (Å²) in [4.78, 5) is 20.4. The number of halogens is 1. The third-order valence-electron chi connectivity index (χ3n) is 3.71. The van der Waals surface area contributed by atoms with Crippen molar-refractivity contribution in [2.45, 2.75) is 25.8 Å². The number of nitrogens with zero attached hydrogens (tertiary/aromatic N) is 3. The fourth-order valence-electron chi connectivity index (χ4n) is 2.67. The van der Waals surface area contributed by atoms with Crippen LogP contribution in [0.25, 0.3) is 0 Å². The van der Waals surface area contributed by atoms with Crippen molar-refractivity contribution in [2.75, 3.05) is 26.7 Å². The van der Waals surface area contributed by atoms with Gasteiger partial charge in [-0.15, -0.1) is 0 Å². The second kappa shape index (κ2) is 6.35. The van der Waals surface area contributed by atoms with E-state index >= 15 is 0 Å². The average Bonchev–Trinajstić information content (AvgIpc) is 2.85. The zero-order chi connectivity index (χ0) is 13.8. The van der Waals surface area contributed by atoms with Gasteiger partial charge in [0.15, 0.2) is 0 Å². The topological polar surface area (TPSA) is 36.4 Å². The van der Waals surface area contributed by atoms with Crippen molar-refractivity contribution in [2.24, 2.45) is 0 Å². The molecule has 0 radical (unpaired) electrons. The van der Waals surface area contributed by atoms with Gasteiger partial charge in [0, 0.05) is 31.4 Å². The maximum Gasteiger partial charge on any atom is 0.253 e. The number of likely N-dealkylation sites (N-methyl/N-ethyl adjacent to an activating group) is 2. The molecule has 0 bridgehead atoms. The largest absolute Gasteiger partial charge is 0.340 e. The molecule has 1 aliphatic rings. The van der Waals surface area contributed by atoms with Gasteiger partial charge in [-0.1, -0.05) is 18.5 Å². The summed E-state index contributed by atoms with van der Waals surface area (Å²) in [6.45, 7) is 5.13. The molecule has 104 valence electrons. The number of aromatic nitrogens is 1. The molecular weight excluding hydrogens is 262 g/mol. The molecule has 0 aromatic carbocycles. The molecule has 4 nitrogen and oxygen atoms in total. The van der Waals surface area contributed by atoms with Gasteiger partial charge in [0.2, 0.25) is 0 Å². The van der Waals surface area contributed by atoms with Crippen molar-refractivity contribution in [1.29, 1.82) is 0 Å². The minimum Gasteiger partial charge on any atom is -0.340 e. The van der Waals surface area contributed by atoms with Gasteiger partial charge in [-0.2, -0.15) is 0 Å². The minimum atomic E-state index is 0.00672. The summed E-state index contributed by atoms with van der Waals surface area (Å²) in [5, 5.41) is 0.357. The quantitative estimate of drug-likeness (QED) is 0.795. The lowest BCUT2D eigenvalue weighted by atomic mass is 10.2. The van der Waals surface area contributed by atoms with Crippen LogP contribution < -0.4 is 0 Å². The lowest BCUT2D eigenvalue weighted by molar-refractivity contribution is 0.0754. The summed E-state index contributed by atoms with van der Waals surface area (Å²) < 4.78 is 0. The molecule has 1 fully saturated rings. The zero-order valence-corrected chi connectivity index (χ0v) is 12.2. The zero-order valence-electron chi connectivity index (χ0n) is 11.5. The van der Waals surface area contributed by atoms with E-state index in [1.807, 2.05) is 7.05 Å². The average molecular weight is 282 g/mol. The third kappa shape index (κ3) is 3.45. The Morgan fingerprint density at radius 2 is 2.42 bits per heavy atom. The highest BCUT2D eigenvalue weighted by atomic mass is 35.5. The van der Waals surface area contributed by atoms with Gasteiger partial charge in [0.05, 0.1) is 0 Å². The Morgan fingerprint density at radius 1 is 1.63 bits per heavy atom. The number of rotatable bonds is 4. The Kier molecular flexibility index (Phi) is 4.77. The van der Waals surface area contributed by atoms with E-state index in [1.54, 1.807) is 23.2 Å². The number of hydrogen-bond acceptors (Lipinski definition) is 3. The van der Waals surface area contributed by atoms with Crippen molar-refractivity contribution in [3.05, 3.63) is 29.0 Å². The van der Waals surface area contributed by atoms with Crippen molar-refractivity contribution >= 4 is 17.5 Å². The highest BCUT2D eigenvalue weighted by Crippen LogP contribution is 2.18. The molecule has 1 aliphatic heterocycles. The molecule has 0 aliphatic carbocycles. The van der Waals surface area contributed by atoms with E-state index in [-0.39, 0.29) is 5.91 Å². The standard InChI is InChI=1S/C14H20ClN3O/c1-3-18-8-4-5-12(18)10-17(2)14(19)11-6-7-16-13(15)9-11/h6-7,9,12H,3-5,8,10H2,1-2H3. The first kappa shape index (κ1) is 14.3. The molecule has 1 aromatic heterocycles. The molecule has 1 amide bonds. The minimum absolute atomic E-state index is 0.00672. The summed E-state index contributed by atoms with van der Waals surface area (Å²) in [6, 6.07) is 3.81. The van der Waals surface area contributed by atoms with E-state index in [2.05, 4.69) is 16.8 Å². The predicted molar refractivity (Wildman–Crippen MR) is 76.5 cm³/mol. The van der Waals surface area contributed by atoms with E-state index in [9.17, 15) is 4.79 Å². The monoisotopic (exact) mass is 281 g/mol. The smallest absolute Gasteiger partial charge is 0.253 e. The number of amides is 1. The highest BCUT2D eigenvalue weighted by Gasteiger charge is 2.25. The molecule has 1 unspecified atom stereocenters. The van der Waals surface area contributed by atoms with Crippen molar-refractivity contribution in [1.82, 2.24) is 14.8 Å². The second-order valence-corrected chi connectivity index (χ2v) is 5.36. The van der Waals surface area contributed by atoms with E-state index < -0.39 is 0 Å². The van der Waals surface area contributed by atoms with Gasteiger partial charge in [-0.05, 0) is 38.1 Å². The number of hydrogen-bond donors (Lipinski definition) is 0. The van der Waals surface area contributed by atoms with Crippen LogP contribution in [0.2, 0.25) is 5.15 Å². The van der Waals surface area contributed by atoms with Crippen LogP contribution in [0.3, 0.4) is 0 Å². The normalized spacial score (nSPS) is 19.6. The number of carbonyl (C=O) groups excluding carboxylic acids is 1. The second-order valence-electron chi connectivity index (χ2n) is 4.98. The Hall–Kier alpha value is -1.13. The van der Waals surface area contributed by atoms with Crippen molar-refractivity contribution in [3.8, 4) is 0 Å². The summed E-state index contributed by atoms with van der Waals surface area (Å²) >= 11 is 5.82. The molecule has 19 heavy (non-hydrogen) atoms. The van der Waals surface area contributed by atoms with E-state index in [0.29, 0.717) is 16.8 Å². The Balaban J connectivity index is 1.99. The summed E-state index contributed by atoms with van der Waals surface area (Å²) in [6.07, 6.45) is 3.96. The van der Waals surface area contributed by atoms with Gasteiger partial charge in [-0.25, -0.2) is 4.98 Å². The molecule has 1 atom stereocenters. The first-order valence-corrected chi connectivity index (χ1v) is 7.10. The van der Waals surface area contributed by atoms with E-state index in [0.717, 1.165) is 19.6 Å². The lowest BCUT2D eigenvalue weighted by Gasteiger charge is -2.27. The lowest BCUT2D eigenvalue weighted by Crippen LogP contribution is -2.41. The highest BCUT2D eigenvalue weighted by molar-refractivity contribution is 6.29. The van der Waals surface area contributed by atoms with Gasteiger partial charge >= 0.3 is 0 Å². The SMILES string of the molecule is CCN1CCCC1CN(C)C(=O)c1ccnc(Cl)c1. The molecule has 5 heteroatoms. The number of carbonyl (C=O) groups is 1. The summed E-state index contributed by atoms with van der Waals surface area (Å²) in [7, 11) is 1.85. The third-order valence-corrected chi connectivity index (χ3v) is 3.92. The Bertz CT molecular complexity index is 452. The molecule has 1 aromatic rings. The summed E-state index contributed by atoms with van der Waals surface area (Å²) in [5.41, 5.74) is 0.601. The molecule has 2 heterocycles. The molecule has 2 rings (SSSR count). The van der Waals surface area contributed by atoms with Crippen LogP contribution in [0, 0.1) is 0 Å². The molecule has 0 saturated carbocycles. The van der Waals surface area contributed by atoms with Crippen molar-refractivity contribution in [3.63, 3.8) is 0 Å². The van der Waals surface area contributed by atoms with E-state index in [1.165, 1.54) is 12.8 Å². The maximum absolute atomic E-state index is 12.3. The number of likely N-dealkylation sites (tertiary alicyclic amines) is 1. The van der Waals surface area contributed by atoms with Gasteiger partial charge in [0.25, 0.3) is 5.91 Å². The van der Waals surface area contributed by atoms with Gasteiger partial charge in [0.1, 0.15) is 5.15 Å². The van der Waals surface area contributed by atoms with Crippen LogP contribution in [-0.2, 0) is 0 Å². The van der Waals surface area contributed by atoms with Crippen LogP contribution in [-0.4, -0.2) is 53.4 Å². The van der Waals surface area contributed by atoms with Crippen LogP contribution in [0.5, 0.6) is 0 Å². The van der Waals surface area contributed by atoms with Gasteiger partial charge < -0.3 is 4.90 Å². The first-order chi connectivity index (χ1) is 9.11. The number of pyridine rings is 1. The van der Waals surface area contributed by atoms with Gasteiger partial charge in [-0.3, -0.25) is 9.69 Å². The predicted octanol–water partition coefficient (Wildman–Crippen LogP) is 2.29. The fourth-order valence-corrected chi connectivity index (χ4v) is 2.85. The Morgan fingerprint density at radius 3 is 3.11 bits per heavy atom. The molecular formula is C14H20ClN3O. The molecule has 1 saturated heterocycles. The van der Waals surface area contributed by atoms with Crippen LogP contribution in [0.1, 0.15) is 30.1 Å². The summed E-state index contributed by atoms with van der Waals surface area (Å²) in [5.74, 6) is 0.00672. The first-order valence-electron chi connectivity index (χ1n) is 6.73.